The molecule has 18 heavy (non-hydrogen) atoms. The maximum atomic E-state index is 13.4. The van der Waals surface area contributed by atoms with E-state index in [4.69, 9.17) is 20.8 Å². The van der Waals surface area contributed by atoms with E-state index in [0.29, 0.717) is 11.2 Å². The van der Waals surface area contributed by atoms with Crippen LogP contribution < -0.4 is 16.9 Å². The quantitative estimate of drug-likeness (QED) is 0.583. The third-order valence-electron chi connectivity index (χ3n) is 3.72. The third-order valence-corrected chi connectivity index (χ3v) is 3.72. The normalized spacial score (nSPS) is 21.3. The van der Waals surface area contributed by atoms with Gasteiger partial charge in [-0.1, -0.05) is 0 Å². The van der Waals surface area contributed by atoms with Gasteiger partial charge in [-0.25, -0.2) is 4.39 Å². The Balaban J connectivity index is 2.41. The molecular formula is C12H18BFN2O2. The maximum absolute atomic E-state index is 13.4. The highest BCUT2D eigenvalue weighted by atomic mass is 19.1. The Hall–Kier alpha value is -1.27. The number of hydrogen-bond donors (Lipinski definition) is 2. The smallest absolute Gasteiger partial charge is 0.399 e. The molecule has 0 radical (unpaired) electrons. The molecule has 6 heteroatoms. The van der Waals surface area contributed by atoms with Gasteiger partial charge in [0, 0.05) is 5.46 Å². The van der Waals surface area contributed by atoms with Crippen molar-refractivity contribution in [2.24, 2.45) is 0 Å². The number of nitrogens with two attached hydrogens (primary N) is 2. The average molecular weight is 252 g/mol. The first kappa shape index (κ1) is 13.2. The fourth-order valence-electron chi connectivity index (χ4n) is 1.83. The van der Waals surface area contributed by atoms with Crippen LogP contribution in [-0.2, 0) is 9.31 Å². The lowest BCUT2D eigenvalue weighted by atomic mass is 9.77. The highest BCUT2D eigenvalue weighted by Crippen LogP contribution is 2.37. The SMILES string of the molecule is CC1(C)OB(c2cc(F)cc(N)c2N)OC1(C)C. The predicted molar refractivity (Wildman–Crippen MR) is 70.9 cm³/mol. The lowest BCUT2D eigenvalue weighted by Crippen LogP contribution is -2.41. The standard InChI is InChI=1S/C12H18BFN2O2/c1-11(2)12(3,4)18-13(17-11)8-5-7(14)6-9(15)10(8)16/h5-6H,15-16H2,1-4H3. The molecule has 1 saturated heterocycles. The van der Waals surface area contributed by atoms with Crippen LogP contribution in [0.25, 0.3) is 0 Å². The maximum Gasteiger partial charge on any atom is 0.497 e. The summed E-state index contributed by atoms with van der Waals surface area (Å²) < 4.78 is 25.0. The summed E-state index contributed by atoms with van der Waals surface area (Å²) >= 11 is 0. The molecule has 0 bridgehead atoms. The molecule has 1 aliphatic heterocycles. The zero-order valence-electron chi connectivity index (χ0n) is 11.1. The molecule has 1 aliphatic rings. The zero-order valence-corrected chi connectivity index (χ0v) is 11.1. The van der Waals surface area contributed by atoms with Crippen LogP contribution in [0.15, 0.2) is 12.1 Å². The predicted octanol–water partition coefficient (Wildman–Crippen LogP) is 1.29. The molecule has 0 amide bonds. The van der Waals surface area contributed by atoms with E-state index in [-0.39, 0.29) is 5.69 Å². The van der Waals surface area contributed by atoms with Gasteiger partial charge in [0.15, 0.2) is 0 Å². The molecule has 0 spiro atoms. The first-order valence-electron chi connectivity index (χ1n) is 5.84. The minimum atomic E-state index is -0.701. The fraction of sp³-hybridized carbons (Fsp3) is 0.500. The molecule has 0 saturated carbocycles. The largest absolute Gasteiger partial charge is 0.497 e. The molecule has 4 N–H and O–H groups in total. The average Bonchev–Trinajstić information content (AvgIpc) is 2.42. The molecule has 1 aromatic carbocycles. The number of halogens is 1. The topological polar surface area (TPSA) is 70.5 Å². The van der Waals surface area contributed by atoms with E-state index in [1.54, 1.807) is 0 Å². The van der Waals surface area contributed by atoms with Gasteiger partial charge >= 0.3 is 7.12 Å². The van der Waals surface area contributed by atoms with Crippen molar-refractivity contribution in [3.63, 3.8) is 0 Å². The van der Waals surface area contributed by atoms with Crippen LogP contribution in [0.1, 0.15) is 27.7 Å². The molecule has 0 atom stereocenters. The lowest BCUT2D eigenvalue weighted by Gasteiger charge is -2.32. The molecule has 98 valence electrons. The van der Waals surface area contributed by atoms with Crippen LogP contribution in [0.2, 0.25) is 0 Å². The van der Waals surface area contributed by atoms with Crippen LogP contribution in [0.4, 0.5) is 15.8 Å². The molecule has 2 rings (SSSR count). The van der Waals surface area contributed by atoms with Gasteiger partial charge in [-0.3, -0.25) is 0 Å². The molecule has 0 unspecified atom stereocenters. The highest BCUT2D eigenvalue weighted by molar-refractivity contribution is 6.64. The Morgan fingerprint density at radius 2 is 1.56 bits per heavy atom. The first-order chi connectivity index (χ1) is 8.14. The number of rotatable bonds is 1. The number of hydrogen-bond acceptors (Lipinski definition) is 4. The van der Waals surface area contributed by atoms with E-state index in [0.717, 1.165) is 0 Å². The van der Waals surface area contributed by atoms with Crippen molar-refractivity contribution < 1.29 is 13.7 Å². The molecular weight excluding hydrogens is 234 g/mol. The second kappa shape index (κ2) is 3.86. The molecule has 1 aromatic rings. The summed E-state index contributed by atoms with van der Waals surface area (Å²) in [5.74, 6) is -0.452. The fourth-order valence-corrected chi connectivity index (χ4v) is 1.83. The van der Waals surface area contributed by atoms with Gasteiger partial charge in [0.05, 0.1) is 22.6 Å². The summed E-state index contributed by atoms with van der Waals surface area (Å²) in [5.41, 5.74) is 11.4. The molecule has 0 aliphatic carbocycles. The van der Waals surface area contributed by atoms with Gasteiger partial charge in [-0.15, -0.1) is 0 Å². The van der Waals surface area contributed by atoms with Crippen LogP contribution in [0.3, 0.4) is 0 Å². The number of benzene rings is 1. The van der Waals surface area contributed by atoms with Crippen LogP contribution in [-0.4, -0.2) is 18.3 Å². The minimum absolute atomic E-state index is 0.194. The second-order valence-corrected chi connectivity index (χ2v) is 5.59. The lowest BCUT2D eigenvalue weighted by molar-refractivity contribution is 0.00578. The summed E-state index contributed by atoms with van der Waals surface area (Å²) in [7, 11) is -0.701. The Kier molecular flexibility index (Phi) is 2.83. The highest BCUT2D eigenvalue weighted by Gasteiger charge is 2.52. The molecule has 1 heterocycles. The van der Waals surface area contributed by atoms with Gasteiger partial charge in [0.1, 0.15) is 5.82 Å². The Bertz CT molecular complexity index is 475. The monoisotopic (exact) mass is 252 g/mol. The zero-order chi connectivity index (χ0) is 13.7. The second-order valence-electron chi connectivity index (χ2n) is 5.59. The van der Waals surface area contributed by atoms with Crippen molar-refractivity contribution in [1.82, 2.24) is 0 Å². The van der Waals surface area contributed by atoms with E-state index < -0.39 is 24.1 Å². The third kappa shape index (κ3) is 1.95. The molecule has 1 fully saturated rings. The van der Waals surface area contributed by atoms with Gasteiger partial charge in [-0.2, -0.15) is 0 Å². The van der Waals surface area contributed by atoms with Crippen molar-refractivity contribution in [3.8, 4) is 0 Å². The summed E-state index contributed by atoms with van der Waals surface area (Å²) in [5, 5.41) is 0. The van der Waals surface area contributed by atoms with E-state index in [1.165, 1.54) is 12.1 Å². The number of nitrogen functional groups attached to an aromatic ring is 2. The first-order valence-corrected chi connectivity index (χ1v) is 5.84. The summed E-state index contributed by atoms with van der Waals surface area (Å²) in [4.78, 5) is 0. The van der Waals surface area contributed by atoms with Crippen molar-refractivity contribution in [3.05, 3.63) is 17.9 Å². The number of anilines is 2. The summed E-state index contributed by atoms with van der Waals surface area (Å²) in [6, 6.07) is 2.48. The van der Waals surface area contributed by atoms with E-state index in [1.807, 2.05) is 27.7 Å². The Morgan fingerprint density at radius 1 is 1.06 bits per heavy atom. The van der Waals surface area contributed by atoms with Crippen molar-refractivity contribution >= 4 is 24.0 Å². The van der Waals surface area contributed by atoms with Crippen LogP contribution >= 0.6 is 0 Å². The van der Waals surface area contributed by atoms with Gasteiger partial charge in [-0.05, 0) is 39.8 Å². The minimum Gasteiger partial charge on any atom is -0.399 e. The van der Waals surface area contributed by atoms with Gasteiger partial charge in [0.2, 0.25) is 0 Å². The summed E-state index contributed by atoms with van der Waals surface area (Å²) in [6.45, 7) is 7.69. The van der Waals surface area contributed by atoms with E-state index in [2.05, 4.69) is 0 Å². The molecule has 4 nitrogen and oxygen atoms in total. The van der Waals surface area contributed by atoms with Crippen LogP contribution in [0, 0.1) is 5.82 Å². The summed E-state index contributed by atoms with van der Waals surface area (Å²) in [6.07, 6.45) is 0. The van der Waals surface area contributed by atoms with Crippen molar-refractivity contribution in [2.75, 3.05) is 11.5 Å². The van der Waals surface area contributed by atoms with E-state index in [9.17, 15) is 4.39 Å². The molecule has 0 aromatic heterocycles. The van der Waals surface area contributed by atoms with Gasteiger partial charge in [0.25, 0.3) is 0 Å². The van der Waals surface area contributed by atoms with Crippen molar-refractivity contribution in [1.29, 1.82) is 0 Å². The van der Waals surface area contributed by atoms with Crippen LogP contribution in [0.5, 0.6) is 0 Å². The van der Waals surface area contributed by atoms with Gasteiger partial charge < -0.3 is 20.8 Å². The Labute approximate surface area is 107 Å². The van der Waals surface area contributed by atoms with E-state index >= 15 is 0 Å². The van der Waals surface area contributed by atoms with Crippen molar-refractivity contribution in [2.45, 2.75) is 38.9 Å². The Morgan fingerprint density at radius 3 is 2.06 bits per heavy atom.